The van der Waals surface area contributed by atoms with Crippen LogP contribution in [-0.4, -0.2) is 34.7 Å². The normalized spacial score (nSPS) is 9.71. The molecule has 0 rings (SSSR count). The van der Waals surface area contributed by atoms with E-state index in [4.69, 9.17) is 0 Å². The first-order chi connectivity index (χ1) is 9.41. The van der Waals surface area contributed by atoms with Crippen LogP contribution in [0.3, 0.4) is 0 Å². The highest BCUT2D eigenvalue weighted by molar-refractivity contribution is 6.12. The molecule has 0 aromatic heterocycles. The minimum Gasteiger partial charge on any atom is -0.300 e. The summed E-state index contributed by atoms with van der Waals surface area (Å²) in [6.45, 7) is 7.66. The van der Waals surface area contributed by atoms with E-state index in [1.165, 1.54) is 41.5 Å². The Labute approximate surface area is 124 Å². The van der Waals surface area contributed by atoms with Crippen LogP contribution in [0.1, 0.15) is 48.0 Å². The lowest BCUT2D eigenvalue weighted by molar-refractivity contribution is -0.143. The third kappa shape index (κ3) is 9.54. The van der Waals surface area contributed by atoms with Crippen LogP contribution in [0.2, 0.25) is 0 Å². The molecule has 6 heteroatoms. The number of carbonyl (C=O) groups is 6. The van der Waals surface area contributed by atoms with E-state index in [9.17, 15) is 28.8 Å². The predicted octanol–water partition coefficient (Wildman–Crippen LogP) is 1.13. The van der Waals surface area contributed by atoms with Crippen molar-refractivity contribution in [3.05, 3.63) is 0 Å². The molecule has 0 aliphatic rings. The molecule has 0 unspecified atom stereocenters. The Morgan fingerprint density at radius 1 is 0.524 bits per heavy atom. The Kier molecular flexibility index (Phi) is 10.0. The smallest absolute Gasteiger partial charge is 0.141 e. The average Bonchev–Trinajstić information content (AvgIpc) is 2.21. The number of hydrogen-bond acceptors (Lipinski definition) is 6. The minimum absolute atomic E-state index is 0.0625. The largest absolute Gasteiger partial charge is 0.300 e. The molecule has 0 amide bonds. The van der Waals surface area contributed by atoms with Gasteiger partial charge in [-0.2, -0.15) is 0 Å². The Morgan fingerprint density at radius 3 is 0.762 bits per heavy atom. The van der Waals surface area contributed by atoms with Crippen LogP contribution in [0, 0.1) is 11.8 Å². The standard InChI is InChI=1S/C10H14O4.C5H8O2/c1-5(11)9(6(2)12)10(7(3)13)8(4)14;1-4(6)3-5(2)7/h9-10H,1-4H3;3H2,1-2H3. The van der Waals surface area contributed by atoms with Gasteiger partial charge in [0.25, 0.3) is 0 Å². The summed E-state index contributed by atoms with van der Waals surface area (Å²) >= 11 is 0. The lowest BCUT2D eigenvalue weighted by atomic mass is 9.81. The molecule has 21 heavy (non-hydrogen) atoms. The molecule has 0 radical (unpaired) electrons. The van der Waals surface area contributed by atoms with Crippen LogP contribution in [0.15, 0.2) is 0 Å². The Morgan fingerprint density at radius 2 is 0.714 bits per heavy atom. The van der Waals surface area contributed by atoms with Gasteiger partial charge in [-0.05, 0) is 41.5 Å². The molecule has 0 aliphatic heterocycles. The van der Waals surface area contributed by atoms with Gasteiger partial charge in [0.15, 0.2) is 0 Å². The Balaban J connectivity index is 0. The second-order valence-corrected chi connectivity index (χ2v) is 4.98. The molecular formula is C15H22O6. The van der Waals surface area contributed by atoms with E-state index in [1.54, 1.807) is 0 Å². The zero-order chi connectivity index (χ0) is 17.3. The summed E-state index contributed by atoms with van der Waals surface area (Å²) in [4.78, 5) is 64.5. The van der Waals surface area contributed by atoms with Gasteiger partial charge >= 0.3 is 0 Å². The number of carbonyl (C=O) groups excluding carboxylic acids is 6. The summed E-state index contributed by atoms with van der Waals surface area (Å²) in [7, 11) is 0. The van der Waals surface area contributed by atoms with Gasteiger partial charge in [-0.3, -0.25) is 28.8 Å². The summed E-state index contributed by atoms with van der Waals surface area (Å²) < 4.78 is 0. The van der Waals surface area contributed by atoms with E-state index in [1.807, 2.05) is 0 Å². The van der Waals surface area contributed by atoms with Gasteiger partial charge < -0.3 is 0 Å². The Hall–Kier alpha value is -1.98. The van der Waals surface area contributed by atoms with Crippen molar-refractivity contribution in [3.8, 4) is 0 Å². The summed E-state index contributed by atoms with van der Waals surface area (Å²) in [5, 5.41) is 0. The molecule has 118 valence electrons. The highest BCUT2D eigenvalue weighted by atomic mass is 16.2. The molecule has 0 fully saturated rings. The lowest BCUT2D eigenvalue weighted by Crippen LogP contribution is -2.36. The van der Waals surface area contributed by atoms with Crippen LogP contribution in [0.5, 0.6) is 0 Å². The van der Waals surface area contributed by atoms with Crippen LogP contribution in [-0.2, 0) is 28.8 Å². The van der Waals surface area contributed by atoms with E-state index in [0.29, 0.717) is 0 Å². The quantitative estimate of drug-likeness (QED) is 0.653. The van der Waals surface area contributed by atoms with Crippen molar-refractivity contribution in [2.45, 2.75) is 48.0 Å². The summed E-state index contributed by atoms with van der Waals surface area (Å²) in [5.41, 5.74) is 0. The molecule has 0 spiro atoms. The van der Waals surface area contributed by atoms with Crippen molar-refractivity contribution in [2.75, 3.05) is 0 Å². The molecule has 0 aromatic rings. The first kappa shape index (κ1) is 21.3. The number of Topliss-reactive ketones (excluding diaryl/α,β-unsaturated/α-hetero) is 6. The van der Waals surface area contributed by atoms with Gasteiger partial charge in [0.2, 0.25) is 0 Å². The summed E-state index contributed by atoms with van der Waals surface area (Å²) in [6, 6.07) is 0. The lowest BCUT2D eigenvalue weighted by Gasteiger charge is -2.17. The van der Waals surface area contributed by atoms with Gasteiger partial charge in [-0.1, -0.05) is 0 Å². The number of hydrogen-bond donors (Lipinski definition) is 0. The van der Waals surface area contributed by atoms with Gasteiger partial charge in [-0.15, -0.1) is 0 Å². The van der Waals surface area contributed by atoms with Crippen molar-refractivity contribution in [2.24, 2.45) is 11.8 Å². The van der Waals surface area contributed by atoms with Crippen molar-refractivity contribution >= 4 is 34.7 Å². The maximum Gasteiger partial charge on any atom is 0.141 e. The van der Waals surface area contributed by atoms with Crippen LogP contribution < -0.4 is 0 Å². The minimum atomic E-state index is -1.11. The van der Waals surface area contributed by atoms with Crippen molar-refractivity contribution in [3.63, 3.8) is 0 Å². The molecule has 0 N–H and O–H groups in total. The fourth-order valence-electron chi connectivity index (χ4n) is 1.86. The fraction of sp³-hybridized carbons (Fsp3) is 0.600. The SMILES string of the molecule is CC(=O)C(C(C)=O)C(C(C)=O)C(C)=O.CC(=O)CC(C)=O. The zero-order valence-electron chi connectivity index (χ0n) is 13.3. The highest BCUT2D eigenvalue weighted by Crippen LogP contribution is 2.17. The molecule has 0 aromatic carbocycles. The second kappa shape index (κ2) is 9.85. The molecule has 0 heterocycles. The van der Waals surface area contributed by atoms with Gasteiger partial charge in [0.05, 0.1) is 18.3 Å². The number of ketones is 6. The monoisotopic (exact) mass is 298 g/mol. The van der Waals surface area contributed by atoms with Crippen molar-refractivity contribution < 1.29 is 28.8 Å². The zero-order valence-corrected chi connectivity index (χ0v) is 13.3. The second-order valence-electron chi connectivity index (χ2n) is 4.98. The Bertz CT molecular complexity index is 391. The topological polar surface area (TPSA) is 102 Å². The first-order valence-electron chi connectivity index (χ1n) is 6.42. The van der Waals surface area contributed by atoms with E-state index < -0.39 is 35.0 Å². The third-order valence-corrected chi connectivity index (χ3v) is 2.58. The predicted molar refractivity (Wildman–Crippen MR) is 75.7 cm³/mol. The summed E-state index contributed by atoms with van der Waals surface area (Å²) in [6.07, 6.45) is 0.0833. The molecule has 0 saturated carbocycles. The third-order valence-electron chi connectivity index (χ3n) is 2.58. The average molecular weight is 298 g/mol. The van der Waals surface area contributed by atoms with Gasteiger partial charge in [-0.25, -0.2) is 0 Å². The molecular weight excluding hydrogens is 276 g/mol. The van der Waals surface area contributed by atoms with E-state index >= 15 is 0 Å². The molecule has 0 atom stereocenters. The van der Waals surface area contributed by atoms with Crippen LogP contribution in [0.4, 0.5) is 0 Å². The van der Waals surface area contributed by atoms with E-state index in [2.05, 4.69) is 0 Å². The highest BCUT2D eigenvalue weighted by Gasteiger charge is 2.35. The first-order valence-corrected chi connectivity index (χ1v) is 6.42. The number of rotatable bonds is 7. The summed E-state index contributed by atoms with van der Waals surface area (Å²) in [5.74, 6) is -4.09. The molecule has 0 aliphatic carbocycles. The van der Waals surface area contributed by atoms with Crippen molar-refractivity contribution in [1.82, 2.24) is 0 Å². The maximum absolute atomic E-state index is 11.1. The van der Waals surface area contributed by atoms with Crippen LogP contribution in [0.25, 0.3) is 0 Å². The molecule has 0 saturated heterocycles. The van der Waals surface area contributed by atoms with Gasteiger partial charge in [0.1, 0.15) is 34.7 Å². The van der Waals surface area contributed by atoms with E-state index in [0.717, 1.165) is 0 Å². The molecule has 0 bridgehead atoms. The molecule has 6 nitrogen and oxygen atoms in total. The van der Waals surface area contributed by atoms with Crippen molar-refractivity contribution in [1.29, 1.82) is 0 Å². The van der Waals surface area contributed by atoms with Crippen LogP contribution >= 0.6 is 0 Å². The fourth-order valence-corrected chi connectivity index (χ4v) is 1.86. The van der Waals surface area contributed by atoms with Gasteiger partial charge in [0, 0.05) is 0 Å². The van der Waals surface area contributed by atoms with E-state index in [-0.39, 0.29) is 18.0 Å². The maximum atomic E-state index is 11.1.